The highest BCUT2D eigenvalue weighted by molar-refractivity contribution is 5.81. The van der Waals surface area contributed by atoms with Gasteiger partial charge in [0, 0.05) is 43.8 Å². The zero-order valence-corrected chi connectivity index (χ0v) is 23.0. The van der Waals surface area contributed by atoms with Crippen molar-refractivity contribution in [1.82, 2.24) is 35.0 Å². The number of fused-ring (bicyclic) bond motifs is 2. The summed E-state index contributed by atoms with van der Waals surface area (Å²) in [5, 5.41) is 13.7. The van der Waals surface area contributed by atoms with E-state index in [9.17, 15) is 4.79 Å². The Hall–Kier alpha value is -4.48. The molecular formula is C30H31N7O4. The number of aromatic nitrogens is 5. The first-order valence-electron chi connectivity index (χ1n) is 13.8. The normalized spacial score (nSPS) is 16.4. The van der Waals surface area contributed by atoms with Crippen LogP contribution < -0.4 is 15.0 Å². The molecule has 2 aliphatic rings. The molecule has 0 unspecified atom stereocenters. The van der Waals surface area contributed by atoms with Crippen LogP contribution in [0.2, 0.25) is 0 Å². The first kappa shape index (κ1) is 25.5. The Bertz CT molecular complexity index is 1750. The maximum absolute atomic E-state index is 13.6. The Morgan fingerprint density at radius 2 is 1.78 bits per heavy atom. The van der Waals surface area contributed by atoms with Crippen LogP contribution in [0.5, 0.6) is 11.5 Å². The van der Waals surface area contributed by atoms with E-state index in [1.807, 2.05) is 30.3 Å². The number of tetrazole rings is 1. The van der Waals surface area contributed by atoms with Gasteiger partial charge in [-0.05, 0) is 88.8 Å². The second-order valence-electron chi connectivity index (χ2n) is 10.8. The van der Waals surface area contributed by atoms with Crippen LogP contribution in [-0.4, -0.2) is 68.0 Å². The zero-order valence-electron chi connectivity index (χ0n) is 23.0. The molecule has 5 aromatic rings. The molecule has 11 nitrogen and oxygen atoms in total. The molecule has 3 aromatic heterocycles. The van der Waals surface area contributed by atoms with Crippen LogP contribution in [0.3, 0.4) is 0 Å². The highest BCUT2D eigenvalue weighted by Gasteiger charge is 2.33. The van der Waals surface area contributed by atoms with Crippen molar-refractivity contribution in [3.63, 3.8) is 0 Å². The summed E-state index contributed by atoms with van der Waals surface area (Å²) in [6.07, 6.45) is 1.63. The molecular weight excluding hydrogens is 522 g/mol. The summed E-state index contributed by atoms with van der Waals surface area (Å²) in [4.78, 5) is 21.5. The van der Waals surface area contributed by atoms with Crippen molar-refractivity contribution in [1.29, 1.82) is 0 Å². The average molecular weight is 554 g/mol. The molecule has 0 bridgehead atoms. The van der Waals surface area contributed by atoms with Crippen molar-refractivity contribution in [2.45, 2.75) is 33.0 Å². The van der Waals surface area contributed by atoms with Gasteiger partial charge in [-0.3, -0.25) is 14.6 Å². The van der Waals surface area contributed by atoms with Gasteiger partial charge >= 0.3 is 0 Å². The topological polar surface area (TPSA) is 115 Å². The summed E-state index contributed by atoms with van der Waals surface area (Å²) >= 11 is 0. The highest BCUT2D eigenvalue weighted by Crippen LogP contribution is 2.33. The van der Waals surface area contributed by atoms with E-state index in [0.29, 0.717) is 17.9 Å². The molecule has 1 N–H and O–H groups in total. The molecule has 0 radical (unpaired) electrons. The lowest BCUT2D eigenvalue weighted by Gasteiger charge is -2.38. The maximum Gasteiger partial charge on any atom is 0.253 e. The van der Waals surface area contributed by atoms with Gasteiger partial charge in [0.2, 0.25) is 6.79 Å². The molecule has 1 fully saturated rings. The van der Waals surface area contributed by atoms with Crippen LogP contribution in [-0.2, 0) is 13.1 Å². The van der Waals surface area contributed by atoms with Crippen LogP contribution in [0.4, 0.5) is 0 Å². The summed E-state index contributed by atoms with van der Waals surface area (Å²) in [5.74, 6) is 2.94. The van der Waals surface area contributed by atoms with E-state index in [1.54, 1.807) is 10.9 Å². The Balaban J connectivity index is 1.20. The van der Waals surface area contributed by atoms with Crippen molar-refractivity contribution in [2.75, 3.05) is 33.0 Å². The van der Waals surface area contributed by atoms with Crippen molar-refractivity contribution < 1.29 is 13.9 Å². The number of hydrogen-bond acceptors (Lipinski definition) is 9. The fraction of sp³-hybridized carbons (Fsp3) is 0.333. The molecule has 0 amide bonds. The number of H-pyrrole nitrogens is 1. The smallest absolute Gasteiger partial charge is 0.253 e. The number of aromatic amines is 1. The van der Waals surface area contributed by atoms with Crippen molar-refractivity contribution in [3.05, 3.63) is 99.0 Å². The molecule has 11 heteroatoms. The number of pyridine rings is 1. The van der Waals surface area contributed by atoms with Crippen LogP contribution in [0.15, 0.2) is 64.0 Å². The number of nitrogens with zero attached hydrogens (tertiary/aromatic N) is 6. The minimum atomic E-state index is -0.428. The van der Waals surface area contributed by atoms with Gasteiger partial charge in [0.25, 0.3) is 5.56 Å². The number of benzene rings is 2. The largest absolute Gasteiger partial charge is 0.467 e. The molecule has 210 valence electrons. The number of aryl methyl sites for hydroxylation is 2. The molecule has 1 atom stereocenters. The van der Waals surface area contributed by atoms with Gasteiger partial charge in [-0.1, -0.05) is 6.07 Å². The number of rotatable bonds is 7. The quantitative estimate of drug-likeness (QED) is 0.324. The van der Waals surface area contributed by atoms with Crippen LogP contribution >= 0.6 is 0 Å². The van der Waals surface area contributed by atoms with Crippen molar-refractivity contribution >= 4 is 10.9 Å². The van der Waals surface area contributed by atoms with E-state index in [0.717, 1.165) is 66.4 Å². The van der Waals surface area contributed by atoms with E-state index < -0.39 is 6.04 Å². The third-order valence-electron chi connectivity index (χ3n) is 8.09. The van der Waals surface area contributed by atoms with E-state index in [4.69, 9.17) is 13.9 Å². The summed E-state index contributed by atoms with van der Waals surface area (Å²) in [7, 11) is 0. The first-order valence-corrected chi connectivity index (χ1v) is 13.8. The number of ether oxygens (including phenoxy) is 2. The lowest BCUT2D eigenvalue weighted by molar-refractivity contribution is 0.0997. The highest BCUT2D eigenvalue weighted by atomic mass is 16.7. The summed E-state index contributed by atoms with van der Waals surface area (Å²) in [5.41, 5.74) is 4.80. The molecule has 2 aromatic carbocycles. The molecule has 5 heterocycles. The molecule has 2 aliphatic heterocycles. The van der Waals surface area contributed by atoms with Gasteiger partial charge in [-0.25, -0.2) is 4.68 Å². The third-order valence-corrected chi connectivity index (χ3v) is 8.09. The van der Waals surface area contributed by atoms with Gasteiger partial charge in [-0.2, -0.15) is 0 Å². The minimum absolute atomic E-state index is 0.138. The van der Waals surface area contributed by atoms with Crippen molar-refractivity contribution in [2.24, 2.45) is 0 Å². The third kappa shape index (κ3) is 4.98. The van der Waals surface area contributed by atoms with E-state index in [1.165, 1.54) is 11.1 Å². The lowest BCUT2D eigenvalue weighted by Crippen LogP contribution is -2.48. The van der Waals surface area contributed by atoms with Crippen LogP contribution in [0.25, 0.3) is 10.9 Å². The van der Waals surface area contributed by atoms with Gasteiger partial charge in [0.15, 0.2) is 17.3 Å². The van der Waals surface area contributed by atoms with Gasteiger partial charge < -0.3 is 18.9 Å². The monoisotopic (exact) mass is 553 g/mol. The first-order chi connectivity index (χ1) is 20.0. The second-order valence-corrected chi connectivity index (χ2v) is 10.8. The number of nitrogens with one attached hydrogen (secondary N) is 1. The Labute approximate surface area is 236 Å². The van der Waals surface area contributed by atoms with Gasteiger partial charge in [0.05, 0.1) is 6.26 Å². The average Bonchev–Trinajstić information content (AvgIpc) is 3.75. The predicted octanol–water partition coefficient (Wildman–Crippen LogP) is 3.41. The standard InChI is InChI=1S/C30H31N7O4/c1-19-12-22-15-24(30(38)31-25(22)13-20(19)2)28(29-32-33-34-37(29)17-23-4-3-11-39-23)36-9-7-35(8-10-36)16-21-5-6-26-27(14-21)41-18-40-26/h3-6,11-15,28H,7-10,16-18H2,1-2H3,(H,31,38)/t28-/m1/s1. The number of furan rings is 1. The minimum Gasteiger partial charge on any atom is -0.467 e. The fourth-order valence-corrected chi connectivity index (χ4v) is 5.74. The van der Waals surface area contributed by atoms with Crippen LogP contribution in [0.1, 0.15) is 39.9 Å². The molecule has 0 spiro atoms. The molecule has 0 aliphatic carbocycles. The van der Waals surface area contributed by atoms with E-state index in [2.05, 4.69) is 62.4 Å². The summed E-state index contributed by atoms with van der Waals surface area (Å²) in [6.45, 7) is 8.73. The molecule has 41 heavy (non-hydrogen) atoms. The fourth-order valence-electron chi connectivity index (χ4n) is 5.74. The lowest BCUT2D eigenvalue weighted by atomic mass is 10.00. The van der Waals surface area contributed by atoms with Gasteiger partial charge in [-0.15, -0.1) is 5.10 Å². The summed E-state index contributed by atoms with van der Waals surface area (Å²) < 4.78 is 18.3. The maximum atomic E-state index is 13.6. The SMILES string of the molecule is Cc1cc2cc([C@H](c3nnnn3Cc3ccco3)N3CCN(Cc4ccc5c(c4)OCO5)CC3)c(=O)[nH]c2cc1C. The van der Waals surface area contributed by atoms with Crippen LogP contribution in [0, 0.1) is 13.8 Å². The second kappa shape index (κ2) is 10.5. The van der Waals surface area contributed by atoms with E-state index in [-0.39, 0.29) is 12.4 Å². The Morgan fingerprint density at radius 1 is 0.951 bits per heavy atom. The molecule has 1 saturated heterocycles. The van der Waals surface area contributed by atoms with Gasteiger partial charge in [0.1, 0.15) is 18.3 Å². The van der Waals surface area contributed by atoms with Crippen molar-refractivity contribution in [3.8, 4) is 11.5 Å². The molecule has 0 saturated carbocycles. The Morgan fingerprint density at radius 3 is 2.61 bits per heavy atom. The van der Waals surface area contributed by atoms with E-state index >= 15 is 0 Å². The number of hydrogen-bond donors (Lipinski definition) is 1. The summed E-state index contributed by atoms with van der Waals surface area (Å²) in [6, 6.07) is 15.6. The molecule has 7 rings (SSSR count). The predicted molar refractivity (Wildman–Crippen MR) is 151 cm³/mol. The Kier molecular flexibility index (Phi) is 6.52. The zero-order chi connectivity index (χ0) is 27.9. The number of piperazine rings is 1.